The summed E-state index contributed by atoms with van der Waals surface area (Å²) >= 11 is 1.59. The van der Waals surface area contributed by atoms with Gasteiger partial charge in [-0.05, 0) is 37.1 Å². The topological polar surface area (TPSA) is 54.0 Å². The maximum absolute atomic E-state index is 11.6. The summed E-state index contributed by atoms with van der Waals surface area (Å²) in [5.41, 5.74) is 4.75. The zero-order chi connectivity index (χ0) is 13.1. The standard InChI is InChI=1S/C14H15N3OS/c18-14(10-1-2-10)17-12-5-3-11(4-6-12)15-7-13-8-19-9-16-13/h3-6,8-10,15H,1-2,7H2,(H,17,18). The first kappa shape index (κ1) is 12.2. The third-order valence-corrected chi connectivity index (χ3v) is 3.69. The lowest BCUT2D eigenvalue weighted by atomic mass is 10.2. The predicted octanol–water partition coefficient (Wildman–Crippen LogP) is 3.10. The minimum Gasteiger partial charge on any atom is -0.379 e. The van der Waals surface area contributed by atoms with E-state index in [1.54, 1.807) is 11.3 Å². The van der Waals surface area contributed by atoms with Gasteiger partial charge in [-0.2, -0.15) is 0 Å². The molecule has 1 fully saturated rings. The van der Waals surface area contributed by atoms with Crippen molar-refractivity contribution < 1.29 is 4.79 Å². The molecule has 3 rings (SSSR count). The lowest BCUT2D eigenvalue weighted by Crippen LogP contribution is -2.13. The molecule has 2 N–H and O–H groups in total. The van der Waals surface area contributed by atoms with Crippen molar-refractivity contribution in [1.29, 1.82) is 0 Å². The van der Waals surface area contributed by atoms with E-state index in [9.17, 15) is 4.79 Å². The fraction of sp³-hybridized carbons (Fsp3) is 0.286. The van der Waals surface area contributed by atoms with Crippen LogP contribution in [-0.4, -0.2) is 10.9 Å². The normalized spacial score (nSPS) is 14.1. The molecule has 1 saturated carbocycles. The number of aromatic nitrogens is 1. The molecule has 0 unspecified atom stereocenters. The van der Waals surface area contributed by atoms with Gasteiger partial charge in [-0.1, -0.05) is 0 Å². The highest BCUT2D eigenvalue weighted by Gasteiger charge is 2.29. The van der Waals surface area contributed by atoms with Gasteiger partial charge in [-0.3, -0.25) is 4.79 Å². The molecule has 1 amide bonds. The highest BCUT2D eigenvalue weighted by molar-refractivity contribution is 7.07. The number of amides is 1. The van der Waals surface area contributed by atoms with Gasteiger partial charge in [0.05, 0.1) is 17.7 Å². The van der Waals surface area contributed by atoms with Crippen LogP contribution in [0.3, 0.4) is 0 Å². The molecule has 2 aromatic rings. The van der Waals surface area contributed by atoms with Crippen molar-refractivity contribution in [3.8, 4) is 0 Å². The molecule has 0 spiro atoms. The molecule has 0 radical (unpaired) electrons. The molecule has 1 aromatic carbocycles. The van der Waals surface area contributed by atoms with E-state index in [2.05, 4.69) is 15.6 Å². The summed E-state index contributed by atoms with van der Waals surface area (Å²) in [5.74, 6) is 0.380. The lowest BCUT2D eigenvalue weighted by molar-refractivity contribution is -0.117. The van der Waals surface area contributed by atoms with Crippen molar-refractivity contribution in [2.45, 2.75) is 19.4 Å². The maximum atomic E-state index is 11.6. The monoisotopic (exact) mass is 273 g/mol. The molecular weight excluding hydrogens is 258 g/mol. The molecule has 1 aliphatic rings. The molecule has 0 bridgehead atoms. The minimum atomic E-state index is 0.142. The summed E-state index contributed by atoms with van der Waals surface area (Å²) < 4.78 is 0. The van der Waals surface area contributed by atoms with Gasteiger partial charge in [0.2, 0.25) is 5.91 Å². The van der Waals surface area contributed by atoms with Crippen LogP contribution in [0.1, 0.15) is 18.5 Å². The zero-order valence-corrected chi connectivity index (χ0v) is 11.2. The number of hydrogen-bond donors (Lipinski definition) is 2. The Morgan fingerprint density at radius 3 is 2.63 bits per heavy atom. The van der Waals surface area contributed by atoms with Gasteiger partial charge in [-0.15, -0.1) is 11.3 Å². The van der Waals surface area contributed by atoms with Gasteiger partial charge in [0.25, 0.3) is 0 Å². The number of nitrogens with one attached hydrogen (secondary N) is 2. The Morgan fingerprint density at radius 1 is 1.26 bits per heavy atom. The summed E-state index contributed by atoms with van der Waals surface area (Å²) in [5, 5.41) is 8.24. The van der Waals surface area contributed by atoms with Crippen LogP contribution in [0.15, 0.2) is 35.2 Å². The summed E-state index contributed by atoms with van der Waals surface area (Å²) in [6, 6.07) is 7.77. The van der Waals surface area contributed by atoms with Crippen LogP contribution in [-0.2, 0) is 11.3 Å². The first-order valence-corrected chi connectivity index (χ1v) is 7.27. The second-order valence-electron chi connectivity index (χ2n) is 4.67. The summed E-state index contributed by atoms with van der Waals surface area (Å²) in [4.78, 5) is 15.8. The average molecular weight is 273 g/mol. The number of thiazole rings is 1. The fourth-order valence-electron chi connectivity index (χ4n) is 1.78. The number of rotatable bonds is 5. The van der Waals surface area contributed by atoms with E-state index in [0.717, 1.165) is 36.5 Å². The maximum Gasteiger partial charge on any atom is 0.227 e. The molecule has 0 aliphatic heterocycles. The van der Waals surface area contributed by atoms with Crippen LogP contribution in [0.4, 0.5) is 11.4 Å². The van der Waals surface area contributed by atoms with E-state index in [1.807, 2.05) is 35.2 Å². The van der Waals surface area contributed by atoms with Crippen molar-refractivity contribution in [3.05, 3.63) is 40.8 Å². The van der Waals surface area contributed by atoms with E-state index < -0.39 is 0 Å². The molecule has 0 saturated heterocycles. The average Bonchev–Trinajstić information content (AvgIpc) is 3.16. The number of carbonyl (C=O) groups excluding carboxylic acids is 1. The smallest absolute Gasteiger partial charge is 0.227 e. The largest absolute Gasteiger partial charge is 0.379 e. The summed E-state index contributed by atoms with van der Waals surface area (Å²) in [7, 11) is 0. The molecule has 98 valence electrons. The highest BCUT2D eigenvalue weighted by Crippen LogP contribution is 2.30. The van der Waals surface area contributed by atoms with Crippen molar-refractivity contribution in [2.24, 2.45) is 5.92 Å². The Kier molecular flexibility index (Phi) is 3.46. The SMILES string of the molecule is O=C(Nc1ccc(NCc2cscn2)cc1)C1CC1. The molecule has 5 heteroatoms. The van der Waals surface area contributed by atoms with Crippen LogP contribution in [0, 0.1) is 5.92 Å². The lowest BCUT2D eigenvalue weighted by Gasteiger charge is -2.07. The van der Waals surface area contributed by atoms with Crippen molar-refractivity contribution in [1.82, 2.24) is 4.98 Å². The van der Waals surface area contributed by atoms with Crippen LogP contribution in [0.5, 0.6) is 0 Å². The van der Waals surface area contributed by atoms with E-state index >= 15 is 0 Å². The number of anilines is 2. The van der Waals surface area contributed by atoms with Crippen LogP contribution < -0.4 is 10.6 Å². The van der Waals surface area contributed by atoms with E-state index in [0.29, 0.717) is 0 Å². The van der Waals surface area contributed by atoms with Gasteiger partial charge in [0, 0.05) is 22.7 Å². The Bertz CT molecular complexity index is 547. The van der Waals surface area contributed by atoms with Crippen molar-refractivity contribution >= 4 is 28.6 Å². The van der Waals surface area contributed by atoms with Crippen molar-refractivity contribution in [3.63, 3.8) is 0 Å². The van der Waals surface area contributed by atoms with E-state index in [4.69, 9.17) is 0 Å². The number of benzene rings is 1. The second-order valence-corrected chi connectivity index (χ2v) is 5.39. The fourth-order valence-corrected chi connectivity index (χ4v) is 2.34. The van der Waals surface area contributed by atoms with Gasteiger partial charge >= 0.3 is 0 Å². The van der Waals surface area contributed by atoms with Gasteiger partial charge in [0.15, 0.2) is 0 Å². The molecule has 1 aromatic heterocycles. The van der Waals surface area contributed by atoms with Gasteiger partial charge in [-0.25, -0.2) is 4.98 Å². The number of hydrogen-bond acceptors (Lipinski definition) is 4. The third-order valence-electron chi connectivity index (χ3n) is 3.06. The number of nitrogens with zero attached hydrogens (tertiary/aromatic N) is 1. The zero-order valence-electron chi connectivity index (χ0n) is 10.4. The molecule has 1 heterocycles. The Hall–Kier alpha value is -1.88. The van der Waals surface area contributed by atoms with Crippen LogP contribution in [0.25, 0.3) is 0 Å². The molecule has 19 heavy (non-hydrogen) atoms. The first-order chi connectivity index (χ1) is 9.31. The molecule has 1 aliphatic carbocycles. The summed E-state index contributed by atoms with van der Waals surface area (Å²) in [6.45, 7) is 0.720. The van der Waals surface area contributed by atoms with Crippen LogP contribution >= 0.6 is 11.3 Å². The van der Waals surface area contributed by atoms with E-state index in [1.165, 1.54) is 0 Å². The second kappa shape index (κ2) is 5.40. The van der Waals surface area contributed by atoms with E-state index in [-0.39, 0.29) is 11.8 Å². The molecular formula is C14H15N3OS. The predicted molar refractivity (Wildman–Crippen MR) is 77.2 cm³/mol. The molecule has 0 atom stereocenters. The molecule has 4 nitrogen and oxygen atoms in total. The number of carbonyl (C=O) groups is 1. The third kappa shape index (κ3) is 3.32. The Balaban J connectivity index is 1.54. The quantitative estimate of drug-likeness (QED) is 0.880. The first-order valence-electron chi connectivity index (χ1n) is 6.33. The Labute approximate surface area is 115 Å². The van der Waals surface area contributed by atoms with Crippen LogP contribution in [0.2, 0.25) is 0 Å². The minimum absolute atomic E-state index is 0.142. The van der Waals surface area contributed by atoms with Gasteiger partial charge in [0.1, 0.15) is 0 Å². The van der Waals surface area contributed by atoms with Gasteiger partial charge < -0.3 is 10.6 Å². The Morgan fingerprint density at radius 2 is 2.00 bits per heavy atom. The highest BCUT2D eigenvalue weighted by atomic mass is 32.1. The van der Waals surface area contributed by atoms with Crippen molar-refractivity contribution in [2.75, 3.05) is 10.6 Å². The summed E-state index contributed by atoms with van der Waals surface area (Å²) in [6.07, 6.45) is 2.05.